The first-order chi connectivity index (χ1) is 14.3. The lowest BCUT2D eigenvalue weighted by Crippen LogP contribution is -2.25. The molecule has 4 aliphatic rings. The molecule has 1 atom stereocenters. The molecule has 0 bridgehead atoms. The molecule has 29 heavy (non-hydrogen) atoms. The van der Waals surface area contributed by atoms with Crippen molar-refractivity contribution in [1.82, 2.24) is 0 Å². The summed E-state index contributed by atoms with van der Waals surface area (Å²) in [6.07, 6.45) is 27.5. The fraction of sp³-hybridized carbons (Fsp3) is 0.852. The Morgan fingerprint density at radius 2 is 1.28 bits per heavy atom. The van der Waals surface area contributed by atoms with Crippen LogP contribution < -0.4 is 0 Å². The molecule has 4 rings (SSSR count). The molecule has 0 saturated heterocycles. The molecule has 0 spiro atoms. The second-order valence-corrected chi connectivity index (χ2v) is 11.7. The summed E-state index contributed by atoms with van der Waals surface area (Å²) in [5, 5.41) is 12.1. The largest absolute Gasteiger partial charge is 0.508 e. The lowest BCUT2D eigenvalue weighted by Gasteiger charge is -2.36. The van der Waals surface area contributed by atoms with Gasteiger partial charge in [-0.15, -0.1) is 0 Å². The molecular formula is C27H44OS. The van der Waals surface area contributed by atoms with E-state index in [4.69, 9.17) is 0 Å². The van der Waals surface area contributed by atoms with Gasteiger partial charge in [0.05, 0.1) is 0 Å². The van der Waals surface area contributed by atoms with Crippen molar-refractivity contribution >= 4 is 11.8 Å². The van der Waals surface area contributed by atoms with Crippen LogP contribution in [0.5, 0.6) is 0 Å². The zero-order chi connectivity index (χ0) is 19.9. The van der Waals surface area contributed by atoms with Gasteiger partial charge in [-0.05, 0) is 68.3 Å². The maximum absolute atomic E-state index is 11.3. The Bertz CT molecular complexity index is 557. The van der Waals surface area contributed by atoms with Crippen LogP contribution in [-0.2, 0) is 0 Å². The summed E-state index contributed by atoms with van der Waals surface area (Å²) in [6.45, 7) is 0. The molecule has 0 radical (unpaired) electrons. The molecule has 0 aromatic heterocycles. The maximum Gasteiger partial charge on any atom is 0.118 e. The molecule has 1 nitrogen and oxygen atoms in total. The van der Waals surface area contributed by atoms with Crippen LogP contribution in [-0.4, -0.2) is 16.1 Å². The van der Waals surface area contributed by atoms with Crippen LogP contribution in [0, 0.1) is 17.8 Å². The van der Waals surface area contributed by atoms with E-state index < -0.39 is 0 Å². The minimum Gasteiger partial charge on any atom is -0.508 e. The van der Waals surface area contributed by atoms with Gasteiger partial charge in [0, 0.05) is 16.6 Å². The smallest absolute Gasteiger partial charge is 0.118 e. The predicted molar refractivity (Wildman–Crippen MR) is 128 cm³/mol. The fourth-order valence-electron chi connectivity index (χ4n) is 6.54. The van der Waals surface area contributed by atoms with Crippen molar-refractivity contribution < 1.29 is 5.11 Å². The van der Waals surface area contributed by atoms with E-state index in [-0.39, 0.29) is 0 Å². The van der Waals surface area contributed by atoms with Crippen molar-refractivity contribution in [3.8, 4) is 0 Å². The third kappa shape index (κ3) is 6.08. The number of aliphatic hydroxyl groups is 1. The maximum atomic E-state index is 11.3. The van der Waals surface area contributed by atoms with Gasteiger partial charge in [-0.2, -0.15) is 11.8 Å². The van der Waals surface area contributed by atoms with Crippen molar-refractivity contribution in [2.75, 3.05) is 5.75 Å². The average Bonchev–Trinajstić information content (AvgIpc) is 2.75. The summed E-state index contributed by atoms with van der Waals surface area (Å²) in [6, 6.07) is 0. The predicted octanol–water partition coefficient (Wildman–Crippen LogP) is 8.75. The first kappa shape index (κ1) is 21.8. The third-order valence-electron chi connectivity index (χ3n) is 8.36. The fourth-order valence-corrected chi connectivity index (χ4v) is 7.85. The molecule has 2 heteroatoms. The Kier molecular flexibility index (Phi) is 8.52. The van der Waals surface area contributed by atoms with E-state index in [1.807, 2.05) is 0 Å². The van der Waals surface area contributed by atoms with Crippen molar-refractivity contribution in [3.63, 3.8) is 0 Å². The summed E-state index contributed by atoms with van der Waals surface area (Å²) >= 11 is 2.17. The summed E-state index contributed by atoms with van der Waals surface area (Å²) in [5.41, 5.74) is 2.79. The summed E-state index contributed by atoms with van der Waals surface area (Å²) in [4.78, 5) is 0. The highest BCUT2D eigenvalue weighted by atomic mass is 32.2. The molecule has 3 saturated carbocycles. The standard InChI is InChI=1S/C27H44OS/c28-27-24(20-29-25-16-10-2-1-3-11-17-25)18-23(21-12-6-4-7-13-21)19-26(27)22-14-8-5-9-15-22/h18,21-23,25,28H,1-17,19-20H2. The van der Waals surface area contributed by atoms with Gasteiger partial charge >= 0.3 is 0 Å². The molecule has 0 aliphatic heterocycles. The van der Waals surface area contributed by atoms with E-state index in [0.717, 1.165) is 22.7 Å². The highest BCUT2D eigenvalue weighted by Gasteiger charge is 2.32. The second-order valence-electron chi connectivity index (χ2n) is 10.4. The van der Waals surface area contributed by atoms with Gasteiger partial charge in [-0.3, -0.25) is 0 Å². The van der Waals surface area contributed by atoms with Crippen molar-refractivity contribution in [3.05, 3.63) is 23.0 Å². The normalized spacial score (nSPS) is 29.4. The van der Waals surface area contributed by atoms with Gasteiger partial charge < -0.3 is 5.11 Å². The van der Waals surface area contributed by atoms with Gasteiger partial charge in [0.2, 0.25) is 0 Å². The molecule has 0 heterocycles. The molecular weight excluding hydrogens is 372 g/mol. The van der Waals surface area contributed by atoms with Gasteiger partial charge in [-0.25, -0.2) is 0 Å². The van der Waals surface area contributed by atoms with E-state index in [9.17, 15) is 5.11 Å². The third-order valence-corrected chi connectivity index (χ3v) is 9.78. The minimum atomic E-state index is 0.671. The monoisotopic (exact) mass is 416 g/mol. The van der Waals surface area contributed by atoms with Crippen LogP contribution in [0.1, 0.15) is 116 Å². The van der Waals surface area contributed by atoms with Gasteiger partial charge in [0.1, 0.15) is 5.76 Å². The minimum absolute atomic E-state index is 0.671. The number of aliphatic hydroxyl groups excluding tert-OH is 1. The van der Waals surface area contributed by atoms with E-state index in [1.54, 1.807) is 0 Å². The Labute approximate surface area is 184 Å². The molecule has 3 fully saturated rings. The van der Waals surface area contributed by atoms with Crippen molar-refractivity contribution in [1.29, 1.82) is 0 Å². The summed E-state index contributed by atoms with van der Waals surface area (Å²) < 4.78 is 0. The van der Waals surface area contributed by atoms with Crippen molar-refractivity contribution in [2.45, 2.75) is 121 Å². The Hall–Kier alpha value is -0.370. The lowest BCUT2D eigenvalue weighted by molar-refractivity contribution is 0.261. The highest BCUT2D eigenvalue weighted by molar-refractivity contribution is 8.00. The Morgan fingerprint density at radius 1 is 0.724 bits per heavy atom. The quantitative estimate of drug-likeness (QED) is 0.483. The lowest BCUT2D eigenvalue weighted by atomic mass is 9.70. The second kappa shape index (κ2) is 11.3. The number of hydrogen-bond acceptors (Lipinski definition) is 2. The molecule has 164 valence electrons. The molecule has 4 aliphatic carbocycles. The van der Waals surface area contributed by atoms with Crippen LogP contribution in [0.25, 0.3) is 0 Å². The van der Waals surface area contributed by atoms with Crippen LogP contribution >= 0.6 is 11.8 Å². The number of rotatable bonds is 5. The average molecular weight is 417 g/mol. The molecule has 1 N–H and O–H groups in total. The Morgan fingerprint density at radius 3 is 1.97 bits per heavy atom. The van der Waals surface area contributed by atoms with Crippen LogP contribution in [0.3, 0.4) is 0 Å². The first-order valence-corrected chi connectivity index (χ1v) is 14.1. The zero-order valence-corrected chi connectivity index (χ0v) is 19.5. The van der Waals surface area contributed by atoms with Crippen LogP contribution in [0.2, 0.25) is 0 Å². The molecule has 0 aromatic carbocycles. The topological polar surface area (TPSA) is 20.2 Å². The van der Waals surface area contributed by atoms with Gasteiger partial charge in [0.25, 0.3) is 0 Å². The number of hydrogen-bond donors (Lipinski definition) is 1. The zero-order valence-electron chi connectivity index (χ0n) is 18.7. The Balaban J connectivity index is 1.46. The summed E-state index contributed by atoms with van der Waals surface area (Å²) in [5.74, 6) is 4.04. The number of allylic oxidation sites excluding steroid dienone is 3. The summed E-state index contributed by atoms with van der Waals surface area (Å²) in [7, 11) is 0. The number of thioether (sulfide) groups is 1. The SMILES string of the molecule is OC1=C(C2CCCCC2)CC(C2CCCCC2)C=C1CSC1CCCCCCC1. The van der Waals surface area contributed by atoms with Crippen LogP contribution in [0.15, 0.2) is 23.0 Å². The van der Waals surface area contributed by atoms with E-state index in [0.29, 0.717) is 11.8 Å². The van der Waals surface area contributed by atoms with E-state index in [2.05, 4.69) is 17.8 Å². The molecule has 1 unspecified atom stereocenters. The highest BCUT2D eigenvalue weighted by Crippen LogP contribution is 2.44. The molecule has 0 amide bonds. The molecule has 0 aromatic rings. The van der Waals surface area contributed by atoms with Gasteiger partial charge in [0.15, 0.2) is 0 Å². The van der Waals surface area contributed by atoms with E-state index >= 15 is 0 Å². The van der Waals surface area contributed by atoms with Crippen molar-refractivity contribution in [2.24, 2.45) is 17.8 Å². The first-order valence-electron chi connectivity index (χ1n) is 13.1. The van der Waals surface area contributed by atoms with Crippen LogP contribution in [0.4, 0.5) is 0 Å². The van der Waals surface area contributed by atoms with E-state index in [1.165, 1.54) is 127 Å². The van der Waals surface area contributed by atoms with Gasteiger partial charge in [-0.1, -0.05) is 76.7 Å².